The van der Waals surface area contributed by atoms with E-state index in [1.807, 2.05) is 4.90 Å². The Morgan fingerprint density at radius 2 is 1.41 bits per heavy atom. The Hall–Kier alpha value is -2.49. The molecule has 12 heteroatoms. The van der Waals surface area contributed by atoms with Gasteiger partial charge in [0.1, 0.15) is 22.6 Å². The van der Waals surface area contributed by atoms with Gasteiger partial charge in [-0.05, 0) is 106 Å². The molecule has 1 fully saturated rings. The molecule has 2 atom stereocenters. The third kappa shape index (κ3) is 11.1. The number of carbonyl (C=O) groups excluding carboxylic acids is 3. The predicted octanol–water partition coefficient (Wildman–Crippen LogP) is 7.38. The van der Waals surface area contributed by atoms with Gasteiger partial charge >= 0.3 is 18.2 Å². The Balaban J connectivity index is 2.37. The molecule has 44 heavy (non-hydrogen) atoms. The number of hydrogen-bond donors (Lipinski definition) is 0. The highest BCUT2D eigenvalue weighted by Crippen LogP contribution is 2.64. The van der Waals surface area contributed by atoms with E-state index < -0.39 is 47.5 Å². The Bertz CT molecular complexity index is 1160. The van der Waals surface area contributed by atoms with Crippen molar-refractivity contribution in [2.45, 2.75) is 117 Å². The number of esters is 1. The smallest absolute Gasteiger partial charge is 0.419 e. The molecular weight excluding hydrogens is 590 g/mol. The van der Waals surface area contributed by atoms with E-state index in [-0.39, 0.29) is 44.5 Å². The SMILES string of the molecule is CCOP1(=O)CCN(Cc2ccc(F)cc2)CC1(CCCCN(C(=O)OC(C)(C)C)C(=O)OC(C)(C)C)C(=O)OC(C)(C)C. The van der Waals surface area contributed by atoms with Crippen LogP contribution in [0.15, 0.2) is 24.3 Å². The maximum absolute atomic E-state index is 14.6. The second-order valence-corrected chi connectivity index (χ2v) is 17.2. The van der Waals surface area contributed by atoms with Crippen LogP contribution in [0.5, 0.6) is 0 Å². The molecule has 250 valence electrons. The van der Waals surface area contributed by atoms with Crippen molar-refractivity contribution in [1.29, 1.82) is 0 Å². The predicted molar refractivity (Wildman–Crippen MR) is 167 cm³/mol. The lowest BCUT2D eigenvalue weighted by Gasteiger charge is -2.46. The van der Waals surface area contributed by atoms with Gasteiger partial charge in [-0.1, -0.05) is 12.1 Å². The van der Waals surface area contributed by atoms with Crippen molar-refractivity contribution in [2.24, 2.45) is 0 Å². The fourth-order valence-corrected chi connectivity index (χ4v) is 7.94. The van der Waals surface area contributed by atoms with Crippen LogP contribution in [0.25, 0.3) is 0 Å². The van der Waals surface area contributed by atoms with Crippen molar-refractivity contribution >= 4 is 25.5 Å². The van der Waals surface area contributed by atoms with Crippen molar-refractivity contribution in [1.82, 2.24) is 9.80 Å². The van der Waals surface area contributed by atoms with E-state index in [1.54, 1.807) is 81.4 Å². The number of ether oxygens (including phenoxy) is 3. The van der Waals surface area contributed by atoms with E-state index in [0.717, 1.165) is 10.5 Å². The molecule has 1 heterocycles. The quantitative estimate of drug-likeness (QED) is 0.112. The van der Waals surface area contributed by atoms with E-state index >= 15 is 0 Å². The van der Waals surface area contributed by atoms with Crippen molar-refractivity contribution in [3.05, 3.63) is 35.6 Å². The van der Waals surface area contributed by atoms with E-state index in [4.69, 9.17) is 18.7 Å². The molecule has 1 aliphatic heterocycles. The zero-order valence-electron chi connectivity index (χ0n) is 28.2. The fraction of sp³-hybridized carbons (Fsp3) is 0.719. The Morgan fingerprint density at radius 1 is 0.886 bits per heavy atom. The van der Waals surface area contributed by atoms with Crippen molar-refractivity contribution in [3.8, 4) is 0 Å². The molecular formula is C32H52FN2O8P. The molecule has 2 unspecified atom stereocenters. The number of hydrogen-bond acceptors (Lipinski definition) is 9. The van der Waals surface area contributed by atoms with Crippen LogP contribution >= 0.6 is 7.37 Å². The first-order valence-corrected chi connectivity index (χ1v) is 17.1. The molecule has 0 saturated carbocycles. The number of nitrogens with zero attached hydrogens (tertiary/aromatic N) is 2. The lowest BCUT2D eigenvalue weighted by atomic mass is 9.98. The Morgan fingerprint density at radius 3 is 1.89 bits per heavy atom. The van der Waals surface area contributed by atoms with Crippen molar-refractivity contribution in [3.63, 3.8) is 0 Å². The van der Waals surface area contributed by atoms with Crippen LogP contribution in [0.3, 0.4) is 0 Å². The van der Waals surface area contributed by atoms with Gasteiger partial charge in [0, 0.05) is 32.3 Å². The van der Waals surface area contributed by atoms with Crippen LogP contribution in [0.4, 0.5) is 14.0 Å². The number of rotatable bonds is 10. The van der Waals surface area contributed by atoms with Crippen LogP contribution in [0.2, 0.25) is 0 Å². The van der Waals surface area contributed by atoms with E-state index in [1.165, 1.54) is 12.1 Å². The standard InChI is InChI=1S/C32H52FN2O8P/c1-11-40-44(39)21-20-34(22-24-14-16-25(33)17-15-24)23-32(44,26(36)41-29(2,3)4)18-12-13-19-35(27(37)42-30(5,6)7)28(38)43-31(8,9)10/h14-17H,11-13,18-23H2,1-10H3. The minimum atomic E-state index is -3.58. The molecule has 0 aromatic heterocycles. The normalized spacial score (nSPS) is 21.4. The van der Waals surface area contributed by atoms with Crippen LogP contribution in [0, 0.1) is 5.82 Å². The van der Waals surface area contributed by atoms with E-state index in [2.05, 4.69) is 0 Å². The van der Waals surface area contributed by atoms with Crippen LogP contribution in [-0.4, -0.2) is 82.3 Å². The van der Waals surface area contributed by atoms with Gasteiger partial charge in [-0.25, -0.2) is 18.9 Å². The Labute approximate surface area is 262 Å². The van der Waals surface area contributed by atoms with Gasteiger partial charge in [-0.3, -0.25) is 14.3 Å². The molecule has 1 saturated heterocycles. The molecule has 1 aromatic rings. The molecule has 10 nitrogen and oxygen atoms in total. The summed E-state index contributed by atoms with van der Waals surface area (Å²) in [6.45, 7) is 18.3. The number of carbonyl (C=O) groups is 3. The van der Waals surface area contributed by atoms with Crippen LogP contribution in [0.1, 0.15) is 94.1 Å². The topological polar surface area (TPSA) is 112 Å². The summed E-state index contributed by atoms with van der Waals surface area (Å²) in [5, 5.41) is -1.49. The number of unbranched alkanes of at least 4 members (excludes halogenated alkanes) is 1. The van der Waals surface area contributed by atoms with Gasteiger partial charge in [-0.15, -0.1) is 0 Å². The van der Waals surface area contributed by atoms with Gasteiger partial charge < -0.3 is 18.7 Å². The molecule has 0 radical (unpaired) electrons. The van der Waals surface area contributed by atoms with Gasteiger partial charge in [0.15, 0.2) is 5.16 Å². The molecule has 2 amide bonds. The molecule has 2 rings (SSSR count). The zero-order chi connectivity index (χ0) is 33.6. The third-order valence-electron chi connectivity index (χ3n) is 6.73. The molecule has 0 bridgehead atoms. The van der Waals surface area contributed by atoms with Crippen LogP contribution < -0.4 is 0 Å². The van der Waals surface area contributed by atoms with Gasteiger partial charge in [0.2, 0.25) is 7.37 Å². The minimum absolute atomic E-state index is 0.0353. The number of halogens is 1. The highest BCUT2D eigenvalue weighted by molar-refractivity contribution is 7.62. The summed E-state index contributed by atoms with van der Waals surface area (Å²) < 4.78 is 50.8. The summed E-state index contributed by atoms with van der Waals surface area (Å²) in [5.41, 5.74) is -1.66. The first kappa shape index (κ1) is 37.7. The van der Waals surface area contributed by atoms with Crippen molar-refractivity contribution < 1.29 is 42.1 Å². The van der Waals surface area contributed by atoms with E-state index in [0.29, 0.717) is 19.5 Å². The number of imide groups is 1. The summed E-state index contributed by atoms with van der Waals surface area (Å²) in [6, 6.07) is 6.13. The molecule has 0 spiro atoms. The molecule has 0 N–H and O–H groups in total. The molecule has 0 aliphatic carbocycles. The number of amides is 2. The van der Waals surface area contributed by atoms with E-state index in [9.17, 15) is 23.3 Å². The zero-order valence-corrected chi connectivity index (χ0v) is 29.1. The van der Waals surface area contributed by atoms with Crippen molar-refractivity contribution in [2.75, 3.05) is 32.4 Å². The lowest BCUT2D eigenvalue weighted by molar-refractivity contribution is -0.160. The Kier molecular flexibility index (Phi) is 12.6. The summed E-state index contributed by atoms with van der Waals surface area (Å²) >= 11 is 0. The maximum atomic E-state index is 14.6. The summed E-state index contributed by atoms with van der Waals surface area (Å²) in [5.74, 6) is -0.954. The molecule has 1 aromatic carbocycles. The first-order chi connectivity index (χ1) is 20.1. The first-order valence-electron chi connectivity index (χ1n) is 15.3. The van der Waals surface area contributed by atoms with Gasteiger partial charge in [0.05, 0.1) is 6.61 Å². The highest BCUT2D eigenvalue weighted by atomic mass is 31.2. The fourth-order valence-electron chi connectivity index (χ4n) is 4.93. The summed E-state index contributed by atoms with van der Waals surface area (Å²) in [6.07, 6.45) is -0.789. The number of benzene rings is 1. The maximum Gasteiger partial charge on any atom is 0.419 e. The second kappa shape index (κ2) is 14.7. The largest absolute Gasteiger partial charge is 0.459 e. The van der Waals surface area contributed by atoms with Gasteiger partial charge in [0.25, 0.3) is 0 Å². The molecule has 1 aliphatic rings. The minimum Gasteiger partial charge on any atom is -0.459 e. The monoisotopic (exact) mass is 642 g/mol. The third-order valence-corrected chi connectivity index (χ3v) is 10.0. The summed E-state index contributed by atoms with van der Waals surface area (Å²) in [7, 11) is -3.58. The average molecular weight is 643 g/mol. The second-order valence-electron chi connectivity index (χ2n) is 14.3. The summed E-state index contributed by atoms with van der Waals surface area (Å²) in [4.78, 5) is 42.9. The van der Waals surface area contributed by atoms with Crippen LogP contribution in [-0.2, 0) is 34.6 Å². The average Bonchev–Trinajstić information content (AvgIpc) is 2.84. The van der Waals surface area contributed by atoms with Gasteiger partial charge in [-0.2, -0.15) is 0 Å². The highest BCUT2D eigenvalue weighted by Gasteiger charge is 2.59. The lowest BCUT2D eigenvalue weighted by Crippen LogP contribution is -2.56.